The van der Waals surface area contributed by atoms with Crippen LogP contribution in [0.15, 0.2) is 6.20 Å². The van der Waals surface area contributed by atoms with E-state index in [1.54, 1.807) is 0 Å². The minimum Gasteiger partial charge on any atom is -0.468 e. The Morgan fingerprint density at radius 3 is 2.59 bits per heavy atom. The van der Waals surface area contributed by atoms with E-state index < -0.39 is 5.97 Å². The second kappa shape index (κ2) is 4.99. The number of carbonyl (C=O) groups excluding carboxylic acids is 2. The molecule has 2 N–H and O–H groups in total. The number of methoxy groups -OCH3 is 1. The molecule has 6 heteroatoms. The summed E-state index contributed by atoms with van der Waals surface area (Å²) in [6.07, 6.45) is 1.45. The van der Waals surface area contributed by atoms with Gasteiger partial charge in [0.15, 0.2) is 0 Å². The van der Waals surface area contributed by atoms with Gasteiger partial charge in [0, 0.05) is 5.41 Å². The number of esters is 1. The zero-order valence-corrected chi connectivity index (χ0v) is 10.5. The average Bonchev–Trinajstić information content (AvgIpc) is 2.74. The minimum atomic E-state index is -0.492. The zero-order valence-electron chi connectivity index (χ0n) is 10.5. The van der Waals surface area contributed by atoms with Crippen molar-refractivity contribution in [1.82, 2.24) is 15.3 Å². The highest BCUT2D eigenvalue weighted by molar-refractivity contribution is 5.94. The third kappa shape index (κ3) is 3.58. The van der Waals surface area contributed by atoms with Crippen molar-refractivity contribution in [1.29, 1.82) is 0 Å². The molecule has 94 valence electrons. The number of hydrogen-bond donors (Lipinski definition) is 2. The Kier molecular flexibility index (Phi) is 3.88. The van der Waals surface area contributed by atoms with E-state index in [-0.39, 0.29) is 17.9 Å². The predicted molar refractivity (Wildman–Crippen MR) is 61.6 cm³/mol. The summed E-state index contributed by atoms with van der Waals surface area (Å²) in [6, 6.07) is 0. The van der Waals surface area contributed by atoms with Gasteiger partial charge in [-0.25, -0.2) is 4.98 Å². The fourth-order valence-electron chi connectivity index (χ4n) is 1.14. The lowest BCUT2D eigenvalue weighted by molar-refractivity contribution is -0.139. The summed E-state index contributed by atoms with van der Waals surface area (Å²) in [4.78, 5) is 29.5. The van der Waals surface area contributed by atoms with E-state index in [2.05, 4.69) is 20.0 Å². The van der Waals surface area contributed by atoms with E-state index in [1.165, 1.54) is 13.3 Å². The topological polar surface area (TPSA) is 84.1 Å². The van der Waals surface area contributed by atoms with Crippen molar-refractivity contribution in [3.63, 3.8) is 0 Å². The van der Waals surface area contributed by atoms with Gasteiger partial charge in [-0.3, -0.25) is 9.59 Å². The van der Waals surface area contributed by atoms with E-state index in [1.807, 2.05) is 20.8 Å². The normalized spacial score (nSPS) is 11.1. The summed E-state index contributed by atoms with van der Waals surface area (Å²) >= 11 is 0. The number of nitrogens with one attached hydrogen (secondary N) is 2. The third-order valence-corrected chi connectivity index (χ3v) is 2.15. The summed E-state index contributed by atoms with van der Waals surface area (Å²) in [5, 5.41) is 2.43. The summed E-state index contributed by atoms with van der Waals surface area (Å²) in [6.45, 7) is 5.81. The number of amides is 1. The first kappa shape index (κ1) is 13.2. The van der Waals surface area contributed by atoms with Gasteiger partial charge in [-0.1, -0.05) is 20.8 Å². The molecule has 6 nitrogen and oxygen atoms in total. The molecule has 0 aliphatic heterocycles. The smallest absolute Gasteiger partial charge is 0.325 e. The Morgan fingerprint density at radius 1 is 1.47 bits per heavy atom. The summed E-state index contributed by atoms with van der Waals surface area (Å²) in [7, 11) is 1.27. The molecule has 1 aromatic heterocycles. The summed E-state index contributed by atoms with van der Waals surface area (Å²) in [5.74, 6) is -0.145. The molecule has 1 aromatic rings. The number of ether oxygens (including phenoxy) is 1. The molecule has 0 atom stereocenters. The average molecular weight is 239 g/mol. The maximum absolute atomic E-state index is 11.6. The van der Waals surface area contributed by atoms with Gasteiger partial charge in [0.1, 0.15) is 18.1 Å². The van der Waals surface area contributed by atoms with Gasteiger partial charge in [0.05, 0.1) is 13.3 Å². The molecule has 17 heavy (non-hydrogen) atoms. The van der Waals surface area contributed by atoms with Crippen LogP contribution < -0.4 is 5.32 Å². The van der Waals surface area contributed by atoms with Crippen molar-refractivity contribution in [2.45, 2.75) is 26.2 Å². The molecule has 0 spiro atoms. The molecule has 0 aliphatic rings. The minimum absolute atomic E-state index is 0.152. The Hall–Kier alpha value is -1.85. The van der Waals surface area contributed by atoms with Crippen LogP contribution in [-0.4, -0.2) is 35.5 Å². The van der Waals surface area contributed by atoms with E-state index >= 15 is 0 Å². The maximum Gasteiger partial charge on any atom is 0.325 e. The number of aromatic nitrogens is 2. The number of imidazole rings is 1. The van der Waals surface area contributed by atoms with Gasteiger partial charge >= 0.3 is 5.97 Å². The molecule has 0 saturated heterocycles. The number of rotatable bonds is 3. The highest BCUT2D eigenvalue weighted by atomic mass is 16.5. The van der Waals surface area contributed by atoms with E-state index in [4.69, 9.17) is 0 Å². The van der Waals surface area contributed by atoms with Gasteiger partial charge in [0.2, 0.25) is 0 Å². The van der Waals surface area contributed by atoms with Crippen LogP contribution in [0.2, 0.25) is 0 Å². The maximum atomic E-state index is 11.6. The van der Waals surface area contributed by atoms with Crippen LogP contribution in [0.4, 0.5) is 0 Å². The molecule has 0 saturated carbocycles. The van der Waals surface area contributed by atoms with Crippen LogP contribution in [-0.2, 0) is 14.9 Å². The van der Waals surface area contributed by atoms with Crippen molar-refractivity contribution in [2.24, 2.45) is 0 Å². The Labute approximate surface area is 99.8 Å². The molecule has 0 aromatic carbocycles. The monoisotopic (exact) mass is 239 g/mol. The largest absolute Gasteiger partial charge is 0.468 e. The van der Waals surface area contributed by atoms with E-state index in [9.17, 15) is 9.59 Å². The van der Waals surface area contributed by atoms with Crippen LogP contribution in [0.5, 0.6) is 0 Å². The molecule has 1 amide bonds. The van der Waals surface area contributed by atoms with Crippen LogP contribution in [0.1, 0.15) is 37.1 Å². The Bertz CT molecular complexity index is 418. The van der Waals surface area contributed by atoms with Crippen LogP contribution in [0.25, 0.3) is 0 Å². The van der Waals surface area contributed by atoms with Crippen LogP contribution in [0.3, 0.4) is 0 Å². The third-order valence-electron chi connectivity index (χ3n) is 2.15. The number of nitrogens with zero attached hydrogens (tertiary/aromatic N) is 1. The Balaban J connectivity index is 2.65. The Morgan fingerprint density at radius 2 is 2.12 bits per heavy atom. The standard InChI is InChI=1S/C11H17N3O3/c1-11(2,3)10-13-5-7(14-10)9(16)12-6-8(15)17-4/h5H,6H2,1-4H3,(H,12,16)(H,13,14). The molecular weight excluding hydrogens is 222 g/mol. The van der Waals surface area contributed by atoms with E-state index in [0.717, 1.165) is 5.82 Å². The second-order valence-corrected chi connectivity index (χ2v) is 4.65. The molecule has 0 fully saturated rings. The molecule has 0 aliphatic carbocycles. The molecule has 0 radical (unpaired) electrons. The molecule has 1 rings (SSSR count). The number of aromatic amines is 1. The fourth-order valence-corrected chi connectivity index (χ4v) is 1.14. The lowest BCUT2D eigenvalue weighted by Gasteiger charge is -2.14. The predicted octanol–water partition coefficient (Wildman–Crippen LogP) is 0.610. The number of H-pyrrole nitrogens is 1. The van der Waals surface area contributed by atoms with Gasteiger partial charge < -0.3 is 15.0 Å². The van der Waals surface area contributed by atoms with Crippen molar-refractivity contribution in [2.75, 3.05) is 13.7 Å². The van der Waals surface area contributed by atoms with Crippen molar-refractivity contribution >= 4 is 11.9 Å². The molecule has 0 bridgehead atoms. The first-order valence-electron chi connectivity index (χ1n) is 5.25. The first-order chi connectivity index (χ1) is 7.84. The fraction of sp³-hybridized carbons (Fsp3) is 0.545. The van der Waals surface area contributed by atoms with Gasteiger partial charge in [-0.05, 0) is 0 Å². The van der Waals surface area contributed by atoms with Crippen molar-refractivity contribution < 1.29 is 14.3 Å². The highest BCUT2D eigenvalue weighted by Gasteiger charge is 2.19. The summed E-state index contributed by atoms with van der Waals surface area (Å²) in [5.41, 5.74) is 0.180. The van der Waals surface area contributed by atoms with E-state index in [0.29, 0.717) is 5.69 Å². The molecular formula is C11H17N3O3. The van der Waals surface area contributed by atoms with Crippen molar-refractivity contribution in [3.8, 4) is 0 Å². The second-order valence-electron chi connectivity index (χ2n) is 4.65. The molecule has 1 heterocycles. The molecule has 0 unspecified atom stereocenters. The quantitative estimate of drug-likeness (QED) is 0.757. The zero-order chi connectivity index (χ0) is 13.1. The number of carbonyl (C=O) groups is 2. The van der Waals surface area contributed by atoms with Gasteiger partial charge in [-0.15, -0.1) is 0 Å². The SMILES string of the molecule is COC(=O)CNC(=O)c1cnc(C(C)(C)C)[nH]1. The van der Waals surface area contributed by atoms with Crippen LogP contribution in [0, 0.1) is 0 Å². The van der Waals surface area contributed by atoms with Gasteiger partial charge in [-0.2, -0.15) is 0 Å². The first-order valence-corrected chi connectivity index (χ1v) is 5.25. The van der Waals surface area contributed by atoms with Gasteiger partial charge in [0.25, 0.3) is 5.91 Å². The van der Waals surface area contributed by atoms with Crippen molar-refractivity contribution in [3.05, 3.63) is 17.7 Å². The van der Waals surface area contributed by atoms with Crippen LogP contribution >= 0.6 is 0 Å². The lowest BCUT2D eigenvalue weighted by Crippen LogP contribution is -2.30. The number of hydrogen-bond acceptors (Lipinski definition) is 4. The highest BCUT2D eigenvalue weighted by Crippen LogP contribution is 2.18. The summed E-state index contributed by atoms with van der Waals surface area (Å²) < 4.78 is 4.42. The lowest BCUT2D eigenvalue weighted by atomic mass is 9.96.